The van der Waals surface area contributed by atoms with Crippen LogP contribution in [0.2, 0.25) is 0 Å². The molecule has 0 fully saturated rings. The Morgan fingerprint density at radius 2 is 2.24 bits per heavy atom. The summed E-state index contributed by atoms with van der Waals surface area (Å²) in [6, 6.07) is 0. The Balaban J connectivity index is 1.55. The van der Waals surface area contributed by atoms with E-state index in [1.54, 1.807) is 6.20 Å². The quantitative estimate of drug-likeness (QED) is 0.893. The number of thiazole rings is 1. The van der Waals surface area contributed by atoms with Gasteiger partial charge in [-0.1, -0.05) is 0 Å². The molecule has 2 N–H and O–H groups in total. The van der Waals surface area contributed by atoms with Gasteiger partial charge >= 0.3 is 0 Å². The normalized spacial score (nSPS) is 16.8. The van der Waals surface area contributed by atoms with Crippen molar-refractivity contribution in [3.8, 4) is 0 Å². The zero-order valence-electron chi connectivity index (χ0n) is 11.7. The molecule has 3 heterocycles. The molecule has 7 heteroatoms. The molecule has 0 atom stereocenters. The van der Waals surface area contributed by atoms with Gasteiger partial charge in [0.15, 0.2) is 5.01 Å². The molecule has 21 heavy (non-hydrogen) atoms. The molecule has 4 rings (SSSR count). The zero-order valence-corrected chi connectivity index (χ0v) is 12.5. The van der Waals surface area contributed by atoms with E-state index >= 15 is 0 Å². The summed E-state index contributed by atoms with van der Waals surface area (Å²) in [5.41, 5.74) is 1.86. The van der Waals surface area contributed by atoms with E-state index < -0.39 is 0 Å². The summed E-state index contributed by atoms with van der Waals surface area (Å²) in [7, 11) is 0. The van der Waals surface area contributed by atoms with Crippen molar-refractivity contribution in [3.63, 3.8) is 0 Å². The van der Waals surface area contributed by atoms with Gasteiger partial charge in [-0.05, 0) is 32.1 Å². The van der Waals surface area contributed by atoms with Crippen LogP contribution in [0.15, 0.2) is 6.20 Å². The Hall–Kier alpha value is -1.89. The van der Waals surface area contributed by atoms with Crippen molar-refractivity contribution in [3.05, 3.63) is 21.8 Å². The Bertz CT molecular complexity index is 666. The molecule has 0 unspecified atom stereocenters. The van der Waals surface area contributed by atoms with Gasteiger partial charge in [-0.15, -0.1) is 11.3 Å². The second-order valence-electron chi connectivity index (χ2n) is 5.46. The summed E-state index contributed by atoms with van der Waals surface area (Å²) >= 11 is 1.53. The number of aromatic nitrogens is 3. The highest BCUT2D eigenvalue weighted by Crippen LogP contribution is 2.28. The zero-order chi connectivity index (χ0) is 14.2. The fraction of sp³-hybridized carbons (Fsp3) is 0.500. The molecule has 1 aliphatic carbocycles. The van der Waals surface area contributed by atoms with Gasteiger partial charge < -0.3 is 10.6 Å². The molecule has 2 aromatic rings. The molecule has 0 radical (unpaired) electrons. The topological polar surface area (TPSA) is 71.8 Å². The van der Waals surface area contributed by atoms with Crippen molar-refractivity contribution < 1.29 is 4.79 Å². The molecule has 0 spiro atoms. The number of fused-ring (bicyclic) bond motifs is 2. The lowest BCUT2D eigenvalue weighted by Crippen LogP contribution is -2.19. The first-order valence-electron chi connectivity index (χ1n) is 7.41. The van der Waals surface area contributed by atoms with Gasteiger partial charge in [0.2, 0.25) is 0 Å². The minimum atomic E-state index is -0.127. The predicted molar refractivity (Wildman–Crippen MR) is 82.0 cm³/mol. The number of nitrogens with one attached hydrogen (secondary N) is 2. The lowest BCUT2D eigenvalue weighted by Gasteiger charge is -2.16. The molecule has 1 amide bonds. The van der Waals surface area contributed by atoms with Crippen molar-refractivity contribution in [1.29, 1.82) is 0 Å². The summed E-state index contributed by atoms with van der Waals surface area (Å²) in [6.45, 7) is 1.81. The average molecular weight is 303 g/mol. The van der Waals surface area contributed by atoms with Crippen molar-refractivity contribution >= 4 is 28.7 Å². The van der Waals surface area contributed by atoms with Crippen LogP contribution in [0.1, 0.15) is 39.6 Å². The van der Waals surface area contributed by atoms with Crippen molar-refractivity contribution in [2.24, 2.45) is 0 Å². The summed E-state index contributed by atoms with van der Waals surface area (Å²) in [6.07, 6.45) is 7.21. The largest absolute Gasteiger partial charge is 0.368 e. The number of nitrogens with zero attached hydrogens (tertiary/aromatic N) is 3. The van der Waals surface area contributed by atoms with Crippen LogP contribution in [-0.4, -0.2) is 27.2 Å². The number of hydrogen-bond donors (Lipinski definition) is 2. The monoisotopic (exact) mass is 303 g/mol. The van der Waals surface area contributed by atoms with Gasteiger partial charge in [0.05, 0.1) is 11.9 Å². The Morgan fingerprint density at radius 1 is 1.33 bits per heavy atom. The van der Waals surface area contributed by atoms with Gasteiger partial charge in [-0.25, -0.2) is 9.67 Å². The van der Waals surface area contributed by atoms with Crippen LogP contribution in [0.4, 0.5) is 11.5 Å². The molecular formula is C14H17N5OS. The van der Waals surface area contributed by atoms with Crippen LogP contribution in [0.3, 0.4) is 0 Å². The van der Waals surface area contributed by atoms with Gasteiger partial charge in [0, 0.05) is 18.0 Å². The Kier molecular flexibility index (Phi) is 3.14. The molecule has 2 aliphatic rings. The van der Waals surface area contributed by atoms with Crippen LogP contribution in [-0.2, 0) is 19.4 Å². The summed E-state index contributed by atoms with van der Waals surface area (Å²) < 4.78 is 1.89. The highest BCUT2D eigenvalue weighted by molar-refractivity contribution is 7.13. The van der Waals surface area contributed by atoms with E-state index in [-0.39, 0.29) is 5.91 Å². The van der Waals surface area contributed by atoms with E-state index in [2.05, 4.69) is 20.7 Å². The first kappa shape index (κ1) is 12.8. The predicted octanol–water partition coefficient (Wildman–Crippen LogP) is 2.29. The van der Waals surface area contributed by atoms with E-state index in [0.717, 1.165) is 49.6 Å². The Labute approximate surface area is 126 Å². The molecule has 2 aromatic heterocycles. The maximum absolute atomic E-state index is 12.4. The van der Waals surface area contributed by atoms with Crippen LogP contribution < -0.4 is 10.6 Å². The lowest BCUT2D eigenvalue weighted by atomic mass is 10.0. The number of aryl methyl sites for hydroxylation is 3. The third-order valence-electron chi connectivity index (χ3n) is 3.97. The van der Waals surface area contributed by atoms with Crippen LogP contribution in [0.5, 0.6) is 0 Å². The van der Waals surface area contributed by atoms with Crippen molar-refractivity contribution in [2.75, 3.05) is 17.2 Å². The highest BCUT2D eigenvalue weighted by Gasteiger charge is 2.21. The van der Waals surface area contributed by atoms with Gasteiger partial charge in [0.25, 0.3) is 5.91 Å². The van der Waals surface area contributed by atoms with E-state index in [1.807, 2.05) is 4.68 Å². The van der Waals surface area contributed by atoms with Gasteiger partial charge in [-0.3, -0.25) is 4.79 Å². The van der Waals surface area contributed by atoms with E-state index in [1.165, 1.54) is 29.1 Å². The molecule has 110 valence electrons. The van der Waals surface area contributed by atoms with E-state index in [9.17, 15) is 4.79 Å². The molecule has 0 saturated carbocycles. The first-order chi connectivity index (χ1) is 10.3. The second-order valence-corrected chi connectivity index (χ2v) is 6.54. The third-order valence-corrected chi connectivity index (χ3v) is 5.12. The molecule has 0 bridgehead atoms. The second kappa shape index (κ2) is 5.14. The molecular weight excluding hydrogens is 286 g/mol. The summed E-state index contributed by atoms with van der Waals surface area (Å²) in [5, 5.41) is 11.1. The number of hydrogen-bond acceptors (Lipinski definition) is 5. The SMILES string of the molecule is O=C(Nc1cnn2c1NCCC2)c1nc2c(s1)CCCC2. The minimum absolute atomic E-state index is 0.127. The fourth-order valence-electron chi connectivity index (χ4n) is 2.89. The molecule has 1 aliphatic heterocycles. The number of rotatable bonds is 2. The summed E-state index contributed by atoms with van der Waals surface area (Å²) in [5.74, 6) is 0.772. The van der Waals surface area contributed by atoms with Gasteiger partial charge in [-0.2, -0.15) is 5.10 Å². The van der Waals surface area contributed by atoms with Gasteiger partial charge in [0.1, 0.15) is 11.5 Å². The van der Waals surface area contributed by atoms with Crippen molar-refractivity contribution in [1.82, 2.24) is 14.8 Å². The highest BCUT2D eigenvalue weighted by atomic mass is 32.1. The molecule has 0 aromatic carbocycles. The average Bonchev–Trinajstić information content (AvgIpc) is 3.11. The Morgan fingerprint density at radius 3 is 3.14 bits per heavy atom. The van der Waals surface area contributed by atoms with Crippen LogP contribution in [0.25, 0.3) is 0 Å². The maximum Gasteiger partial charge on any atom is 0.284 e. The third kappa shape index (κ3) is 2.31. The fourth-order valence-corrected chi connectivity index (χ4v) is 3.94. The smallest absolute Gasteiger partial charge is 0.284 e. The minimum Gasteiger partial charge on any atom is -0.368 e. The summed E-state index contributed by atoms with van der Waals surface area (Å²) in [4.78, 5) is 18.2. The standard InChI is InChI=1S/C14H17N5OS/c20-13(14-18-9-4-1-2-5-11(9)21-14)17-10-8-16-19-7-3-6-15-12(10)19/h8,15H,1-7H2,(H,17,20). The van der Waals surface area contributed by atoms with Crippen LogP contribution >= 0.6 is 11.3 Å². The maximum atomic E-state index is 12.4. The van der Waals surface area contributed by atoms with Crippen molar-refractivity contribution in [2.45, 2.75) is 38.6 Å². The molecule has 0 saturated heterocycles. The lowest BCUT2D eigenvalue weighted by molar-refractivity contribution is 0.102. The number of amides is 1. The number of carbonyl (C=O) groups excluding carboxylic acids is 1. The van der Waals surface area contributed by atoms with E-state index in [0.29, 0.717) is 5.01 Å². The number of anilines is 2. The van der Waals surface area contributed by atoms with E-state index in [4.69, 9.17) is 0 Å². The molecule has 6 nitrogen and oxygen atoms in total. The first-order valence-corrected chi connectivity index (χ1v) is 8.22. The number of carbonyl (C=O) groups is 1. The van der Waals surface area contributed by atoms with Crippen LogP contribution in [0, 0.1) is 0 Å².